The summed E-state index contributed by atoms with van der Waals surface area (Å²) in [6, 6.07) is 0. The fourth-order valence-electron chi connectivity index (χ4n) is 2.98. The van der Waals surface area contributed by atoms with Gasteiger partial charge in [0.05, 0.1) is 18.8 Å². The smallest absolute Gasteiger partial charge is 0.210 e. The minimum absolute atomic E-state index is 0.132. The van der Waals surface area contributed by atoms with Gasteiger partial charge in [0.2, 0.25) is 5.78 Å². The van der Waals surface area contributed by atoms with Crippen LogP contribution in [0, 0.1) is 20.8 Å². The maximum atomic E-state index is 12.8. The third-order valence-electron chi connectivity index (χ3n) is 4.40. The van der Waals surface area contributed by atoms with Gasteiger partial charge < -0.3 is 9.47 Å². The lowest BCUT2D eigenvalue weighted by Crippen LogP contribution is -2.45. The van der Waals surface area contributed by atoms with Crippen LogP contribution in [0.4, 0.5) is 0 Å². The number of carbonyl (C=O) groups excluding carboxylic acids is 1. The Hall–Kier alpha value is -0.870. The Morgan fingerprint density at radius 2 is 1.68 bits per heavy atom. The van der Waals surface area contributed by atoms with Crippen molar-refractivity contribution in [3.63, 3.8) is 0 Å². The second-order valence-corrected chi connectivity index (χ2v) is 6.22. The van der Waals surface area contributed by atoms with Crippen LogP contribution in [-0.2, 0) is 4.74 Å². The van der Waals surface area contributed by atoms with E-state index in [1.165, 1.54) is 0 Å². The summed E-state index contributed by atoms with van der Waals surface area (Å²) in [6.07, 6.45) is 1.30. The third-order valence-corrected chi connectivity index (χ3v) is 5.59. The maximum absolute atomic E-state index is 12.8. The summed E-state index contributed by atoms with van der Waals surface area (Å²) in [5, 5.41) is 0. The monoisotopic (exact) mass is 324 g/mol. The molecule has 0 bridgehead atoms. The molecule has 1 aromatic carbocycles. The van der Waals surface area contributed by atoms with Gasteiger partial charge in [0.1, 0.15) is 5.75 Å². The van der Waals surface area contributed by atoms with E-state index in [0.29, 0.717) is 26.1 Å². The first-order valence-electron chi connectivity index (χ1n) is 6.59. The van der Waals surface area contributed by atoms with Crippen molar-refractivity contribution < 1.29 is 14.3 Å². The topological polar surface area (TPSA) is 35.5 Å². The van der Waals surface area contributed by atoms with Crippen LogP contribution in [-0.4, -0.2) is 24.6 Å². The molecule has 3 nitrogen and oxygen atoms in total. The molecular formula is C15H17BrO3. The van der Waals surface area contributed by atoms with Gasteiger partial charge in [0.25, 0.3) is 0 Å². The fourth-order valence-corrected chi connectivity index (χ4v) is 3.48. The van der Waals surface area contributed by atoms with Crippen molar-refractivity contribution in [3.05, 3.63) is 26.7 Å². The van der Waals surface area contributed by atoms with Crippen LogP contribution in [0.5, 0.6) is 5.75 Å². The molecule has 102 valence electrons. The van der Waals surface area contributed by atoms with Gasteiger partial charge >= 0.3 is 0 Å². The van der Waals surface area contributed by atoms with Gasteiger partial charge in [-0.3, -0.25) is 4.79 Å². The highest BCUT2D eigenvalue weighted by molar-refractivity contribution is 9.10. The lowest BCUT2D eigenvalue weighted by molar-refractivity contribution is -0.0215. The zero-order valence-electron chi connectivity index (χ0n) is 11.4. The van der Waals surface area contributed by atoms with E-state index in [9.17, 15) is 4.79 Å². The Bertz CT molecular complexity index is 571. The van der Waals surface area contributed by atoms with Crippen molar-refractivity contribution >= 4 is 21.7 Å². The predicted octanol–water partition coefficient (Wildman–Crippen LogP) is 3.50. The van der Waals surface area contributed by atoms with Gasteiger partial charge in [-0.15, -0.1) is 0 Å². The molecule has 0 saturated carbocycles. The Kier molecular flexibility index (Phi) is 2.98. The highest BCUT2D eigenvalue weighted by atomic mass is 79.9. The largest absolute Gasteiger partial charge is 0.478 e. The van der Waals surface area contributed by atoms with E-state index in [0.717, 1.165) is 32.5 Å². The van der Waals surface area contributed by atoms with E-state index in [2.05, 4.69) is 22.9 Å². The van der Waals surface area contributed by atoms with Gasteiger partial charge in [-0.2, -0.15) is 0 Å². The number of benzene rings is 1. The molecule has 19 heavy (non-hydrogen) atoms. The highest BCUT2D eigenvalue weighted by Crippen LogP contribution is 2.47. The molecule has 3 rings (SSSR count). The van der Waals surface area contributed by atoms with Gasteiger partial charge in [0, 0.05) is 17.3 Å². The number of hydrogen-bond acceptors (Lipinski definition) is 3. The van der Waals surface area contributed by atoms with Gasteiger partial charge in [-0.25, -0.2) is 0 Å². The molecule has 0 atom stereocenters. The van der Waals surface area contributed by atoms with Crippen LogP contribution in [0.2, 0.25) is 0 Å². The Morgan fingerprint density at radius 1 is 1.05 bits per heavy atom. The van der Waals surface area contributed by atoms with Crippen LogP contribution < -0.4 is 4.74 Å². The molecular weight excluding hydrogens is 308 g/mol. The van der Waals surface area contributed by atoms with E-state index in [1.807, 2.05) is 13.8 Å². The minimum Gasteiger partial charge on any atom is -0.478 e. The number of halogens is 1. The van der Waals surface area contributed by atoms with Crippen molar-refractivity contribution in [1.29, 1.82) is 0 Å². The average Bonchev–Trinajstić information content (AvgIpc) is 2.69. The fraction of sp³-hybridized carbons (Fsp3) is 0.533. The molecule has 0 aromatic heterocycles. The molecule has 1 saturated heterocycles. The second-order valence-electron chi connectivity index (χ2n) is 5.43. The van der Waals surface area contributed by atoms with Crippen LogP contribution >= 0.6 is 15.9 Å². The molecule has 0 radical (unpaired) electrons. The lowest BCUT2D eigenvalue weighted by Gasteiger charge is -2.31. The van der Waals surface area contributed by atoms with Crippen molar-refractivity contribution in [1.82, 2.24) is 0 Å². The van der Waals surface area contributed by atoms with Crippen LogP contribution in [0.25, 0.3) is 0 Å². The highest BCUT2D eigenvalue weighted by Gasteiger charge is 2.50. The Labute approximate surface area is 121 Å². The van der Waals surface area contributed by atoms with Crippen LogP contribution in [0.15, 0.2) is 4.47 Å². The number of ether oxygens (including phenoxy) is 2. The molecule has 0 N–H and O–H groups in total. The molecule has 2 aliphatic rings. The zero-order chi connectivity index (χ0) is 13.8. The summed E-state index contributed by atoms with van der Waals surface area (Å²) in [6.45, 7) is 7.24. The van der Waals surface area contributed by atoms with Crippen molar-refractivity contribution in [2.75, 3.05) is 13.2 Å². The standard InChI is InChI=1S/C15H17BrO3/c1-8-9(2)13-11(10(3)12(8)16)14(17)15(19-13)4-6-18-7-5-15/h4-7H2,1-3H3. The molecule has 0 amide bonds. The summed E-state index contributed by atoms with van der Waals surface area (Å²) in [5.41, 5.74) is 3.28. The number of rotatable bonds is 0. The summed E-state index contributed by atoms with van der Waals surface area (Å²) in [7, 11) is 0. The molecule has 1 fully saturated rings. The number of carbonyl (C=O) groups is 1. The molecule has 2 heterocycles. The molecule has 2 aliphatic heterocycles. The molecule has 1 aromatic rings. The second kappa shape index (κ2) is 4.32. The molecule has 0 aliphatic carbocycles. The van der Waals surface area contributed by atoms with Crippen molar-refractivity contribution in [2.45, 2.75) is 39.2 Å². The molecule has 1 spiro atoms. The van der Waals surface area contributed by atoms with E-state index in [1.54, 1.807) is 0 Å². The van der Waals surface area contributed by atoms with Crippen LogP contribution in [0.3, 0.4) is 0 Å². The summed E-state index contributed by atoms with van der Waals surface area (Å²) in [4.78, 5) is 12.8. The summed E-state index contributed by atoms with van der Waals surface area (Å²) >= 11 is 3.59. The predicted molar refractivity (Wildman–Crippen MR) is 76.1 cm³/mol. The Morgan fingerprint density at radius 3 is 2.32 bits per heavy atom. The number of ketones is 1. The third kappa shape index (κ3) is 1.69. The number of fused-ring (bicyclic) bond motifs is 1. The van der Waals surface area contributed by atoms with Gasteiger partial charge in [-0.05, 0) is 37.5 Å². The molecule has 4 heteroatoms. The molecule has 0 unspecified atom stereocenters. The van der Waals surface area contributed by atoms with Crippen molar-refractivity contribution in [2.24, 2.45) is 0 Å². The van der Waals surface area contributed by atoms with E-state index in [-0.39, 0.29) is 5.78 Å². The maximum Gasteiger partial charge on any atom is 0.210 e. The van der Waals surface area contributed by atoms with Gasteiger partial charge in [0.15, 0.2) is 5.60 Å². The zero-order valence-corrected chi connectivity index (χ0v) is 13.0. The SMILES string of the molecule is Cc1c(C)c2c(c(C)c1Br)C(=O)C1(CCOCC1)O2. The first kappa shape index (κ1) is 13.1. The van der Waals surface area contributed by atoms with E-state index >= 15 is 0 Å². The normalized spacial score (nSPS) is 20.5. The summed E-state index contributed by atoms with van der Waals surface area (Å²) < 4.78 is 12.5. The summed E-state index contributed by atoms with van der Waals surface area (Å²) in [5.74, 6) is 0.914. The quantitative estimate of drug-likeness (QED) is 0.732. The van der Waals surface area contributed by atoms with E-state index in [4.69, 9.17) is 9.47 Å². The average molecular weight is 325 g/mol. The lowest BCUT2D eigenvalue weighted by atomic mass is 9.86. The first-order chi connectivity index (χ1) is 8.98. The minimum atomic E-state index is -0.677. The number of Topliss-reactive ketones (excluding diaryl/α,β-unsaturated/α-hetero) is 1. The number of hydrogen-bond donors (Lipinski definition) is 0. The first-order valence-corrected chi connectivity index (χ1v) is 7.38. The Balaban J connectivity index is 2.18. The van der Waals surface area contributed by atoms with Crippen molar-refractivity contribution in [3.8, 4) is 5.75 Å². The van der Waals surface area contributed by atoms with E-state index < -0.39 is 5.60 Å². The van der Waals surface area contributed by atoms with Crippen LogP contribution in [0.1, 0.15) is 39.9 Å². The van der Waals surface area contributed by atoms with Gasteiger partial charge in [-0.1, -0.05) is 15.9 Å².